The summed E-state index contributed by atoms with van der Waals surface area (Å²) in [7, 11) is 0. The normalized spacial score (nSPS) is 15.5. The van der Waals surface area contributed by atoms with Crippen molar-refractivity contribution in [1.29, 1.82) is 0 Å². The van der Waals surface area contributed by atoms with Crippen LogP contribution in [0.5, 0.6) is 0 Å². The van der Waals surface area contributed by atoms with Gasteiger partial charge in [-0.15, -0.1) is 0 Å². The van der Waals surface area contributed by atoms with Crippen LogP contribution in [-0.2, 0) is 12.7 Å². The van der Waals surface area contributed by atoms with E-state index in [1.165, 1.54) is 23.3 Å². The third-order valence-electron chi connectivity index (χ3n) is 6.85. The molecule has 1 aliphatic heterocycles. The molecule has 0 unspecified atom stereocenters. The third-order valence-corrected chi connectivity index (χ3v) is 6.85. The Morgan fingerprint density at radius 2 is 1.36 bits per heavy atom. The fraction of sp³-hybridized carbons (Fsp3) is 0.276. The quantitative estimate of drug-likeness (QED) is 0.344. The lowest BCUT2D eigenvalue weighted by molar-refractivity contribution is -0.137. The van der Waals surface area contributed by atoms with E-state index in [1.807, 2.05) is 6.92 Å². The first-order chi connectivity index (χ1) is 17.4. The lowest BCUT2D eigenvalue weighted by Gasteiger charge is -2.39. The molecule has 0 spiro atoms. The van der Waals surface area contributed by atoms with E-state index >= 15 is 0 Å². The number of H-pyrrole nitrogens is 1. The van der Waals surface area contributed by atoms with Crippen molar-refractivity contribution < 1.29 is 13.2 Å². The van der Waals surface area contributed by atoms with E-state index in [4.69, 9.17) is 4.98 Å². The van der Waals surface area contributed by atoms with Crippen LogP contribution in [-0.4, -0.2) is 45.9 Å². The lowest BCUT2D eigenvalue weighted by atomic mass is 9.96. The smallest absolute Gasteiger partial charge is 0.342 e. The van der Waals surface area contributed by atoms with Crippen LogP contribution in [0.15, 0.2) is 84.9 Å². The second-order valence-electron chi connectivity index (χ2n) is 9.27. The van der Waals surface area contributed by atoms with Crippen LogP contribution >= 0.6 is 0 Å². The van der Waals surface area contributed by atoms with Crippen LogP contribution in [0.3, 0.4) is 0 Å². The fourth-order valence-electron chi connectivity index (χ4n) is 4.88. The summed E-state index contributed by atoms with van der Waals surface area (Å²) in [5.74, 6) is 0.600. The number of aryl methyl sites for hydroxylation is 1. The Morgan fingerprint density at radius 3 is 1.89 bits per heavy atom. The monoisotopic (exact) mass is 490 g/mol. The molecule has 7 heteroatoms. The largest absolute Gasteiger partial charge is 0.416 e. The van der Waals surface area contributed by atoms with E-state index < -0.39 is 11.7 Å². The van der Waals surface area contributed by atoms with Gasteiger partial charge in [-0.05, 0) is 30.2 Å². The zero-order valence-corrected chi connectivity index (χ0v) is 20.2. The number of hydrogen-bond donors (Lipinski definition) is 1. The van der Waals surface area contributed by atoms with Gasteiger partial charge >= 0.3 is 6.18 Å². The van der Waals surface area contributed by atoms with Gasteiger partial charge in [0.05, 0.1) is 17.3 Å². The SMILES string of the molecule is Cc1[nH]c(-c2ccc(C(F)(F)F)cc2)nc1CN1CCN(C(c2ccccc2)c2ccccc2)CC1. The van der Waals surface area contributed by atoms with Crippen molar-refractivity contribution in [3.05, 3.63) is 113 Å². The Bertz CT molecular complexity index is 1220. The Balaban J connectivity index is 1.26. The number of nitrogens with zero attached hydrogens (tertiary/aromatic N) is 3. The first kappa shape index (κ1) is 24.3. The first-order valence-electron chi connectivity index (χ1n) is 12.2. The van der Waals surface area contributed by atoms with Crippen molar-refractivity contribution in [3.8, 4) is 11.4 Å². The number of nitrogens with one attached hydrogen (secondary N) is 1. The summed E-state index contributed by atoms with van der Waals surface area (Å²) in [6.45, 7) is 6.37. The topological polar surface area (TPSA) is 35.2 Å². The van der Waals surface area contributed by atoms with Crippen molar-refractivity contribution in [1.82, 2.24) is 19.8 Å². The minimum Gasteiger partial charge on any atom is -0.342 e. The standard InChI is InChI=1S/C29H29F3N4/c1-21-26(34-28(33-21)24-12-14-25(15-13-24)29(30,31)32)20-35-16-18-36(19-17-35)27(22-8-4-2-5-9-22)23-10-6-3-7-11-23/h2-15,27H,16-20H2,1H3,(H,33,34). The van der Waals surface area contributed by atoms with Crippen LogP contribution in [0.1, 0.15) is 34.1 Å². The average molecular weight is 491 g/mol. The number of aromatic nitrogens is 2. The van der Waals surface area contributed by atoms with E-state index in [9.17, 15) is 13.2 Å². The van der Waals surface area contributed by atoms with Gasteiger partial charge in [-0.3, -0.25) is 9.80 Å². The van der Waals surface area contributed by atoms with Gasteiger partial charge in [-0.2, -0.15) is 13.2 Å². The molecule has 36 heavy (non-hydrogen) atoms. The van der Waals surface area contributed by atoms with Crippen LogP contribution in [0.25, 0.3) is 11.4 Å². The Morgan fingerprint density at radius 1 is 0.806 bits per heavy atom. The highest BCUT2D eigenvalue weighted by molar-refractivity contribution is 5.56. The molecule has 0 atom stereocenters. The molecule has 1 aliphatic rings. The van der Waals surface area contributed by atoms with Gasteiger partial charge < -0.3 is 4.98 Å². The van der Waals surface area contributed by atoms with Crippen LogP contribution < -0.4 is 0 Å². The van der Waals surface area contributed by atoms with Gasteiger partial charge in [0.15, 0.2) is 0 Å². The Kier molecular flexibility index (Phi) is 6.94. The van der Waals surface area contributed by atoms with Gasteiger partial charge in [0.25, 0.3) is 0 Å². The second-order valence-corrected chi connectivity index (χ2v) is 9.27. The van der Waals surface area contributed by atoms with E-state index in [0.717, 1.165) is 49.7 Å². The van der Waals surface area contributed by atoms with E-state index in [2.05, 4.69) is 75.4 Å². The highest BCUT2D eigenvalue weighted by Gasteiger charge is 2.30. The number of halogens is 3. The summed E-state index contributed by atoms with van der Waals surface area (Å²) < 4.78 is 38.7. The third kappa shape index (κ3) is 5.37. The van der Waals surface area contributed by atoms with Gasteiger partial charge in [-0.1, -0.05) is 72.8 Å². The number of imidazole rings is 1. The molecule has 1 saturated heterocycles. The number of benzene rings is 3. The zero-order valence-electron chi connectivity index (χ0n) is 20.2. The van der Waals surface area contributed by atoms with Crippen molar-refractivity contribution in [3.63, 3.8) is 0 Å². The number of rotatable bonds is 6. The summed E-state index contributed by atoms with van der Waals surface area (Å²) in [4.78, 5) is 12.9. The molecule has 0 amide bonds. The number of alkyl halides is 3. The van der Waals surface area contributed by atoms with Crippen molar-refractivity contribution in [2.75, 3.05) is 26.2 Å². The van der Waals surface area contributed by atoms with Crippen molar-refractivity contribution in [2.45, 2.75) is 25.7 Å². The minimum atomic E-state index is -4.34. The molecule has 3 aromatic carbocycles. The summed E-state index contributed by atoms with van der Waals surface area (Å²) >= 11 is 0. The molecule has 5 rings (SSSR count). The molecule has 4 nitrogen and oxygen atoms in total. The number of piperazine rings is 1. The average Bonchev–Trinajstić information content (AvgIpc) is 3.26. The molecule has 4 aromatic rings. The molecule has 0 saturated carbocycles. The second kappa shape index (κ2) is 10.3. The maximum Gasteiger partial charge on any atom is 0.416 e. The zero-order chi connectivity index (χ0) is 25.1. The first-order valence-corrected chi connectivity index (χ1v) is 12.2. The maximum absolute atomic E-state index is 12.9. The molecule has 2 heterocycles. The number of aromatic amines is 1. The lowest BCUT2D eigenvalue weighted by Crippen LogP contribution is -2.47. The van der Waals surface area contributed by atoms with Crippen molar-refractivity contribution >= 4 is 0 Å². The van der Waals surface area contributed by atoms with E-state index in [-0.39, 0.29) is 6.04 Å². The van der Waals surface area contributed by atoms with E-state index in [0.29, 0.717) is 17.9 Å². The van der Waals surface area contributed by atoms with Crippen LogP contribution in [0.4, 0.5) is 13.2 Å². The molecule has 1 aromatic heterocycles. The highest BCUT2D eigenvalue weighted by Crippen LogP contribution is 2.32. The highest BCUT2D eigenvalue weighted by atomic mass is 19.4. The molecule has 0 bridgehead atoms. The van der Waals surface area contributed by atoms with Crippen LogP contribution in [0.2, 0.25) is 0 Å². The predicted octanol–water partition coefficient (Wildman–Crippen LogP) is 6.31. The van der Waals surface area contributed by atoms with Gasteiger partial charge in [0.2, 0.25) is 0 Å². The van der Waals surface area contributed by atoms with E-state index in [1.54, 1.807) is 0 Å². The maximum atomic E-state index is 12.9. The Hall–Kier alpha value is -3.42. The number of hydrogen-bond acceptors (Lipinski definition) is 3. The fourth-order valence-corrected chi connectivity index (χ4v) is 4.88. The molecule has 1 N–H and O–H groups in total. The Labute approximate surface area is 209 Å². The van der Waals surface area contributed by atoms with Gasteiger partial charge in [0, 0.05) is 44.0 Å². The summed E-state index contributed by atoms with van der Waals surface area (Å²) in [6, 6.07) is 26.6. The molecule has 1 fully saturated rings. The minimum absolute atomic E-state index is 0.216. The molecular weight excluding hydrogens is 461 g/mol. The summed E-state index contributed by atoms with van der Waals surface area (Å²) in [5, 5.41) is 0. The molecule has 0 aliphatic carbocycles. The predicted molar refractivity (Wildman–Crippen MR) is 135 cm³/mol. The van der Waals surface area contributed by atoms with Crippen LogP contribution in [0, 0.1) is 6.92 Å². The summed E-state index contributed by atoms with van der Waals surface area (Å²) in [6.07, 6.45) is -4.34. The van der Waals surface area contributed by atoms with Crippen molar-refractivity contribution in [2.24, 2.45) is 0 Å². The van der Waals surface area contributed by atoms with Gasteiger partial charge in [-0.25, -0.2) is 4.98 Å². The summed E-state index contributed by atoms with van der Waals surface area (Å²) in [5.41, 5.74) is 4.45. The molecule has 0 radical (unpaired) electrons. The van der Waals surface area contributed by atoms with Gasteiger partial charge in [0.1, 0.15) is 5.82 Å². The molecular formula is C29H29F3N4. The molecule has 186 valence electrons.